The summed E-state index contributed by atoms with van der Waals surface area (Å²) in [7, 11) is 1.62. The largest absolute Gasteiger partial charge is 0.383 e. The number of fused-ring (bicyclic) bond motifs is 1. The molecule has 1 amide bonds. The fourth-order valence-electron chi connectivity index (χ4n) is 3.89. The van der Waals surface area contributed by atoms with Crippen molar-refractivity contribution in [2.75, 3.05) is 31.7 Å². The van der Waals surface area contributed by atoms with E-state index in [1.54, 1.807) is 19.2 Å². The predicted octanol–water partition coefficient (Wildman–Crippen LogP) is 4.75. The van der Waals surface area contributed by atoms with Gasteiger partial charge in [-0.05, 0) is 49.6 Å². The Morgan fingerprint density at radius 1 is 1.22 bits per heavy atom. The quantitative estimate of drug-likeness (QED) is 0.346. The van der Waals surface area contributed by atoms with Gasteiger partial charge < -0.3 is 14.2 Å². The number of halogens is 1. The van der Waals surface area contributed by atoms with E-state index in [0.717, 1.165) is 47.0 Å². The third-order valence-electron chi connectivity index (χ3n) is 5.48. The van der Waals surface area contributed by atoms with E-state index in [2.05, 4.69) is 20.9 Å². The summed E-state index contributed by atoms with van der Waals surface area (Å²) < 4.78 is 9.07. The van der Waals surface area contributed by atoms with E-state index in [1.165, 1.54) is 17.4 Å². The highest BCUT2D eigenvalue weighted by Gasteiger charge is 2.23. The highest BCUT2D eigenvalue weighted by Crippen LogP contribution is 2.31. The maximum absolute atomic E-state index is 13.0. The second-order valence-corrected chi connectivity index (χ2v) is 9.49. The van der Waals surface area contributed by atoms with Crippen LogP contribution in [0.2, 0.25) is 0 Å². The fraction of sp³-hybridized carbons (Fsp3) is 0.364. The Morgan fingerprint density at radius 3 is 2.72 bits per heavy atom. The van der Waals surface area contributed by atoms with Crippen molar-refractivity contribution in [3.63, 3.8) is 0 Å². The SMILES string of the molecule is COCCn1c(=NC(=O)c2ccc(N3CCCCC3)c([N+](=O)[O-])c2)sc2cc(Br)ccc21. The van der Waals surface area contributed by atoms with Crippen molar-refractivity contribution in [3.8, 4) is 0 Å². The number of amides is 1. The Hall–Kier alpha value is -2.56. The summed E-state index contributed by atoms with van der Waals surface area (Å²) in [6, 6.07) is 10.5. The van der Waals surface area contributed by atoms with Gasteiger partial charge in [0.2, 0.25) is 0 Å². The van der Waals surface area contributed by atoms with Crippen molar-refractivity contribution in [2.45, 2.75) is 25.8 Å². The minimum Gasteiger partial charge on any atom is -0.383 e. The number of aromatic nitrogens is 1. The Morgan fingerprint density at radius 2 is 2.00 bits per heavy atom. The first-order valence-corrected chi connectivity index (χ1v) is 12.0. The number of carbonyl (C=O) groups is 1. The van der Waals surface area contributed by atoms with E-state index < -0.39 is 10.8 Å². The number of anilines is 1. The number of benzene rings is 2. The van der Waals surface area contributed by atoms with Gasteiger partial charge in [-0.25, -0.2) is 0 Å². The molecule has 2 aromatic carbocycles. The monoisotopic (exact) mass is 518 g/mol. The van der Waals surface area contributed by atoms with Crippen LogP contribution in [0.5, 0.6) is 0 Å². The zero-order valence-corrected chi connectivity index (χ0v) is 20.0. The van der Waals surface area contributed by atoms with Crippen LogP contribution in [-0.2, 0) is 11.3 Å². The normalized spacial score (nSPS) is 14.8. The van der Waals surface area contributed by atoms with Gasteiger partial charge in [0, 0.05) is 42.8 Å². The lowest BCUT2D eigenvalue weighted by Gasteiger charge is -2.28. The van der Waals surface area contributed by atoms with Crippen LogP contribution in [0.4, 0.5) is 11.4 Å². The molecule has 1 saturated heterocycles. The van der Waals surface area contributed by atoms with Gasteiger partial charge in [-0.3, -0.25) is 14.9 Å². The Kier molecular flexibility index (Phi) is 7.02. The number of thiazole rings is 1. The summed E-state index contributed by atoms with van der Waals surface area (Å²) >= 11 is 4.87. The number of nitrogens with zero attached hydrogens (tertiary/aromatic N) is 4. The topological polar surface area (TPSA) is 90.0 Å². The van der Waals surface area contributed by atoms with E-state index >= 15 is 0 Å². The lowest BCUT2D eigenvalue weighted by atomic mass is 10.1. The summed E-state index contributed by atoms with van der Waals surface area (Å²) in [5.74, 6) is -0.505. The maximum atomic E-state index is 13.0. The molecule has 3 aromatic rings. The smallest absolute Gasteiger partial charge is 0.293 e. The first kappa shape index (κ1) is 22.6. The average Bonchev–Trinajstić information content (AvgIpc) is 3.13. The van der Waals surface area contributed by atoms with Gasteiger partial charge in [0.25, 0.3) is 11.6 Å². The van der Waals surface area contributed by atoms with Crippen molar-refractivity contribution in [1.82, 2.24) is 4.57 Å². The molecule has 4 rings (SSSR count). The first-order chi connectivity index (χ1) is 15.5. The highest BCUT2D eigenvalue weighted by atomic mass is 79.9. The van der Waals surface area contributed by atoms with Crippen molar-refractivity contribution in [1.29, 1.82) is 0 Å². The molecule has 0 unspecified atom stereocenters. The number of carbonyl (C=O) groups excluding carboxylic acids is 1. The lowest BCUT2D eigenvalue weighted by molar-refractivity contribution is -0.384. The molecule has 1 aromatic heterocycles. The summed E-state index contributed by atoms with van der Waals surface area (Å²) in [6.45, 7) is 2.59. The van der Waals surface area contributed by atoms with E-state index in [9.17, 15) is 14.9 Å². The molecule has 0 aliphatic carbocycles. The van der Waals surface area contributed by atoms with E-state index in [4.69, 9.17) is 4.74 Å². The van der Waals surface area contributed by atoms with Gasteiger partial charge in [-0.1, -0.05) is 27.3 Å². The van der Waals surface area contributed by atoms with Gasteiger partial charge in [-0.2, -0.15) is 4.99 Å². The molecular weight excluding hydrogens is 496 g/mol. The molecular formula is C22H23BrN4O4S. The molecule has 0 bridgehead atoms. The molecule has 1 aliphatic heterocycles. The zero-order chi connectivity index (χ0) is 22.7. The molecule has 0 saturated carbocycles. The molecule has 0 N–H and O–H groups in total. The number of hydrogen-bond donors (Lipinski definition) is 0. The van der Waals surface area contributed by atoms with Crippen molar-refractivity contribution in [3.05, 3.63) is 61.4 Å². The molecule has 8 nitrogen and oxygen atoms in total. The van der Waals surface area contributed by atoms with Crippen LogP contribution in [0.15, 0.2) is 45.9 Å². The van der Waals surface area contributed by atoms with Crippen LogP contribution < -0.4 is 9.70 Å². The molecule has 1 fully saturated rings. The fourth-order valence-corrected chi connectivity index (χ4v) is 5.49. The zero-order valence-electron chi connectivity index (χ0n) is 17.6. The van der Waals surface area contributed by atoms with Gasteiger partial charge in [0.1, 0.15) is 5.69 Å². The number of rotatable bonds is 6. The number of nitro benzene ring substituents is 1. The minimum atomic E-state index is -0.505. The van der Waals surface area contributed by atoms with Crippen LogP contribution in [0.3, 0.4) is 0 Å². The first-order valence-electron chi connectivity index (χ1n) is 10.4. The second kappa shape index (κ2) is 9.93. The van der Waals surface area contributed by atoms with Crippen molar-refractivity contribution >= 4 is 54.8 Å². The predicted molar refractivity (Wildman–Crippen MR) is 128 cm³/mol. The molecule has 2 heterocycles. The summed E-state index contributed by atoms with van der Waals surface area (Å²) in [5, 5.41) is 11.7. The van der Waals surface area contributed by atoms with Crippen molar-refractivity contribution in [2.24, 2.45) is 4.99 Å². The van der Waals surface area contributed by atoms with Gasteiger partial charge in [0.15, 0.2) is 4.80 Å². The van der Waals surface area contributed by atoms with E-state index in [0.29, 0.717) is 23.6 Å². The minimum absolute atomic E-state index is 0.0551. The summed E-state index contributed by atoms with van der Waals surface area (Å²) in [4.78, 5) is 31.2. The van der Waals surface area contributed by atoms with Crippen LogP contribution in [-0.4, -0.2) is 42.2 Å². The molecule has 1 aliphatic rings. The highest BCUT2D eigenvalue weighted by molar-refractivity contribution is 9.10. The lowest BCUT2D eigenvalue weighted by Crippen LogP contribution is -2.30. The maximum Gasteiger partial charge on any atom is 0.293 e. The third kappa shape index (κ3) is 4.77. The molecule has 32 heavy (non-hydrogen) atoms. The Balaban J connectivity index is 1.73. The summed E-state index contributed by atoms with van der Waals surface area (Å²) in [5.41, 5.74) is 1.66. The van der Waals surface area contributed by atoms with Crippen LogP contribution in [0, 0.1) is 10.1 Å². The van der Waals surface area contributed by atoms with Crippen LogP contribution in [0.1, 0.15) is 29.6 Å². The number of piperidine rings is 1. The second-order valence-electron chi connectivity index (χ2n) is 7.57. The molecule has 0 spiro atoms. The third-order valence-corrected chi connectivity index (χ3v) is 7.01. The van der Waals surface area contributed by atoms with Crippen LogP contribution >= 0.6 is 27.3 Å². The molecule has 168 valence electrons. The van der Waals surface area contributed by atoms with E-state index in [-0.39, 0.29) is 11.3 Å². The average molecular weight is 519 g/mol. The van der Waals surface area contributed by atoms with Gasteiger partial charge >= 0.3 is 0 Å². The van der Waals surface area contributed by atoms with Gasteiger partial charge in [0.05, 0.1) is 21.7 Å². The van der Waals surface area contributed by atoms with Gasteiger partial charge in [-0.15, -0.1) is 0 Å². The van der Waals surface area contributed by atoms with Crippen molar-refractivity contribution < 1.29 is 14.5 Å². The number of hydrogen-bond acceptors (Lipinski definition) is 6. The Labute approximate surface area is 197 Å². The number of nitro groups is 1. The number of ether oxygens (including phenoxy) is 1. The molecule has 0 atom stereocenters. The van der Waals surface area contributed by atoms with Crippen LogP contribution in [0.25, 0.3) is 10.2 Å². The Bertz CT molecular complexity index is 1230. The standard InChI is InChI=1S/C22H23BrN4O4S/c1-31-12-11-26-18-8-6-16(23)14-20(18)32-22(26)24-21(28)15-5-7-17(19(13-15)27(29)30)25-9-3-2-4-10-25/h5-8,13-14H,2-4,9-12H2,1H3. The van der Waals surface area contributed by atoms with E-state index in [1.807, 2.05) is 27.7 Å². The number of methoxy groups -OCH3 is 1. The molecule has 10 heteroatoms. The molecule has 0 radical (unpaired) electrons. The summed E-state index contributed by atoms with van der Waals surface area (Å²) in [6.07, 6.45) is 3.15.